The third-order valence-corrected chi connectivity index (χ3v) is 5.08. The Labute approximate surface area is 132 Å². The Balaban J connectivity index is 1.98. The predicted molar refractivity (Wildman–Crippen MR) is 86.9 cm³/mol. The van der Waals surface area contributed by atoms with Crippen LogP contribution in [0.3, 0.4) is 0 Å². The highest BCUT2D eigenvalue weighted by molar-refractivity contribution is 9.10. The summed E-state index contributed by atoms with van der Waals surface area (Å²) in [6.45, 7) is 2.01. The second kappa shape index (κ2) is 5.78. The van der Waals surface area contributed by atoms with Crippen LogP contribution in [0.4, 0.5) is 5.95 Å². The van der Waals surface area contributed by atoms with Gasteiger partial charge in [-0.3, -0.25) is 4.57 Å². The SMILES string of the molecule is Cc1cn(-c2cccc(Cl)c2Br)c(NC2CCCC2)n1. The summed E-state index contributed by atoms with van der Waals surface area (Å²) in [6.07, 6.45) is 7.09. The molecule has 0 amide bonds. The van der Waals surface area contributed by atoms with E-state index in [1.54, 1.807) is 0 Å². The van der Waals surface area contributed by atoms with Gasteiger partial charge in [0.1, 0.15) is 0 Å². The zero-order chi connectivity index (χ0) is 14.1. The van der Waals surface area contributed by atoms with Crippen molar-refractivity contribution in [3.8, 4) is 5.69 Å². The minimum absolute atomic E-state index is 0.536. The van der Waals surface area contributed by atoms with Crippen LogP contribution in [0, 0.1) is 6.92 Å². The number of imidazole rings is 1. The van der Waals surface area contributed by atoms with Crippen molar-refractivity contribution in [2.45, 2.75) is 38.6 Å². The molecule has 0 bridgehead atoms. The van der Waals surface area contributed by atoms with E-state index in [0.29, 0.717) is 11.1 Å². The molecule has 5 heteroatoms. The second-order valence-corrected chi connectivity index (χ2v) is 6.47. The van der Waals surface area contributed by atoms with Gasteiger partial charge < -0.3 is 5.32 Å². The molecule has 0 aliphatic heterocycles. The summed E-state index contributed by atoms with van der Waals surface area (Å²) in [5.41, 5.74) is 2.01. The van der Waals surface area contributed by atoms with Crippen molar-refractivity contribution < 1.29 is 0 Å². The Hall–Kier alpha value is -1.00. The Morgan fingerprint density at radius 3 is 2.85 bits per heavy atom. The summed E-state index contributed by atoms with van der Waals surface area (Å²) in [5.74, 6) is 0.900. The third-order valence-electron chi connectivity index (χ3n) is 3.71. The smallest absolute Gasteiger partial charge is 0.207 e. The lowest BCUT2D eigenvalue weighted by Gasteiger charge is -2.15. The predicted octanol–water partition coefficient (Wildman–Crippen LogP) is 4.95. The Bertz CT molecular complexity index is 618. The Kier molecular flexibility index (Phi) is 4.03. The normalized spacial score (nSPS) is 15.8. The van der Waals surface area contributed by atoms with E-state index in [1.165, 1.54) is 25.7 Å². The number of aryl methyl sites for hydroxylation is 1. The zero-order valence-corrected chi connectivity index (χ0v) is 13.7. The van der Waals surface area contributed by atoms with Gasteiger partial charge in [-0.1, -0.05) is 30.5 Å². The number of rotatable bonds is 3. The van der Waals surface area contributed by atoms with E-state index in [4.69, 9.17) is 11.6 Å². The van der Waals surface area contributed by atoms with Crippen LogP contribution in [0.5, 0.6) is 0 Å². The van der Waals surface area contributed by atoms with Crippen LogP contribution in [0.2, 0.25) is 5.02 Å². The monoisotopic (exact) mass is 353 g/mol. The van der Waals surface area contributed by atoms with Crippen LogP contribution in [0.15, 0.2) is 28.9 Å². The van der Waals surface area contributed by atoms with Gasteiger partial charge in [0, 0.05) is 12.2 Å². The molecule has 1 saturated carbocycles. The van der Waals surface area contributed by atoms with Gasteiger partial charge in [-0.25, -0.2) is 4.98 Å². The van der Waals surface area contributed by atoms with E-state index in [2.05, 4.69) is 30.8 Å². The highest BCUT2D eigenvalue weighted by Crippen LogP contribution is 2.31. The average molecular weight is 355 g/mol. The van der Waals surface area contributed by atoms with Crippen molar-refractivity contribution in [1.82, 2.24) is 9.55 Å². The molecule has 1 aliphatic carbocycles. The molecule has 106 valence electrons. The molecule has 1 aliphatic rings. The highest BCUT2D eigenvalue weighted by Gasteiger charge is 2.18. The molecule has 1 fully saturated rings. The summed E-state index contributed by atoms with van der Waals surface area (Å²) in [5, 5.41) is 4.27. The van der Waals surface area contributed by atoms with Gasteiger partial charge in [-0.2, -0.15) is 0 Å². The molecule has 0 atom stereocenters. The van der Waals surface area contributed by atoms with Crippen molar-refractivity contribution in [3.05, 3.63) is 39.6 Å². The summed E-state index contributed by atoms with van der Waals surface area (Å²) < 4.78 is 2.97. The molecule has 1 aromatic carbocycles. The summed E-state index contributed by atoms with van der Waals surface area (Å²) in [4.78, 5) is 4.61. The second-order valence-electron chi connectivity index (χ2n) is 5.27. The quantitative estimate of drug-likeness (QED) is 0.845. The van der Waals surface area contributed by atoms with Crippen molar-refractivity contribution in [3.63, 3.8) is 0 Å². The first kappa shape index (κ1) is 14.0. The first-order chi connectivity index (χ1) is 9.65. The van der Waals surface area contributed by atoms with Gasteiger partial charge >= 0.3 is 0 Å². The Morgan fingerprint density at radius 2 is 2.10 bits per heavy atom. The number of hydrogen-bond acceptors (Lipinski definition) is 2. The fourth-order valence-corrected chi connectivity index (χ4v) is 3.34. The van der Waals surface area contributed by atoms with Gasteiger partial charge in [-0.05, 0) is 47.8 Å². The van der Waals surface area contributed by atoms with Crippen molar-refractivity contribution >= 4 is 33.5 Å². The topological polar surface area (TPSA) is 29.9 Å². The summed E-state index contributed by atoms with van der Waals surface area (Å²) in [7, 11) is 0. The van der Waals surface area contributed by atoms with Crippen LogP contribution >= 0.6 is 27.5 Å². The minimum atomic E-state index is 0.536. The van der Waals surface area contributed by atoms with Crippen LogP contribution in [0.1, 0.15) is 31.4 Å². The van der Waals surface area contributed by atoms with Gasteiger partial charge in [0.05, 0.1) is 20.9 Å². The molecule has 1 aromatic heterocycles. The van der Waals surface area contributed by atoms with E-state index in [-0.39, 0.29) is 0 Å². The van der Waals surface area contributed by atoms with Crippen LogP contribution in [-0.4, -0.2) is 15.6 Å². The third kappa shape index (κ3) is 2.72. The first-order valence-corrected chi connectivity index (χ1v) is 8.09. The molecule has 3 nitrogen and oxygen atoms in total. The number of anilines is 1. The largest absolute Gasteiger partial charge is 0.353 e. The van der Waals surface area contributed by atoms with E-state index in [1.807, 2.05) is 31.3 Å². The number of hydrogen-bond donors (Lipinski definition) is 1. The standard InChI is InChI=1S/C15H17BrClN3/c1-10-9-20(13-8-4-7-12(17)14(13)16)15(18-10)19-11-5-2-3-6-11/h4,7-9,11H,2-3,5-6H2,1H3,(H,18,19). The van der Waals surface area contributed by atoms with Crippen LogP contribution < -0.4 is 5.32 Å². The summed E-state index contributed by atoms with van der Waals surface area (Å²) >= 11 is 9.76. The number of nitrogens with zero attached hydrogens (tertiary/aromatic N) is 2. The van der Waals surface area contributed by atoms with Crippen molar-refractivity contribution in [2.75, 3.05) is 5.32 Å². The molecule has 1 heterocycles. The van der Waals surface area contributed by atoms with E-state index in [9.17, 15) is 0 Å². The molecule has 20 heavy (non-hydrogen) atoms. The number of halogens is 2. The van der Waals surface area contributed by atoms with E-state index < -0.39 is 0 Å². The van der Waals surface area contributed by atoms with Crippen molar-refractivity contribution in [1.29, 1.82) is 0 Å². The van der Waals surface area contributed by atoms with Gasteiger partial charge in [0.2, 0.25) is 5.95 Å². The molecule has 0 spiro atoms. The molecule has 0 saturated heterocycles. The number of aromatic nitrogens is 2. The lowest BCUT2D eigenvalue weighted by atomic mass is 10.2. The fraction of sp³-hybridized carbons (Fsp3) is 0.400. The zero-order valence-electron chi connectivity index (χ0n) is 11.4. The maximum absolute atomic E-state index is 6.19. The minimum Gasteiger partial charge on any atom is -0.353 e. The molecule has 0 unspecified atom stereocenters. The van der Waals surface area contributed by atoms with Gasteiger partial charge in [0.15, 0.2) is 0 Å². The fourth-order valence-electron chi connectivity index (χ4n) is 2.71. The molecule has 0 radical (unpaired) electrons. The molecule has 1 N–H and O–H groups in total. The summed E-state index contributed by atoms with van der Waals surface area (Å²) in [6, 6.07) is 6.41. The molecular formula is C15H17BrClN3. The Morgan fingerprint density at radius 1 is 1.35 bits per heavy atom. The maximum atomic E-state index is 6.19. The van der Waals surface area contributed by atoms with Crippen LogP contribution in [0.25, 0.3) is 5.69 Å². The molecule has 3 rings (SSSR count). The first-order valence-electron chi connectivity index (χ1n) is 6.92. The van der Waals surface area contributed by atoms with Crippen molar-refractivity contribution in [2.24, 2.45) is 0 Å². The highest BCUT2D eigenvalue weighted by atomic mass is 79.9. The van der Waals surface area contributed by atoms with E-state index in [0.717, 1.165) is 21.8 Å². The van der Waals surface area contributed by atoms with Gasteiger partial charge in [-0.15, -0.1) is 0 Å². The lowest BCUT2D eigenvalue weighted by Crippen LogP contribution is -2.17. The van der Waals surface area contributed by atoms with Crippen LogP contribution in [-0.2, 0) is 0 Å². The molecule has 2 aromatic rings. The maximum Gasteiger partial charge on any atom is 0.207 e. The average Bonchev–Trinajstić information content (AvgIpc) is 3.03. The molecular weight excluding hydrogens is 338 g/mol. The number of benzene rings is 1. The number of nitrogens with one attached hydrogen (secondary N) is 1. The van der Waals surface area contributed by atoms with Gasteiger partial charge in [0.25, 0.3) is 0 Å². The lowest BCUT2D eigenvalue weighted by molar-refractivity contribution is 0.740. The van der Waals surface area contributed by atoms with E-state index >= 15 is 0 Å².